The molecule has 0 aliphatic heterocycles. The molecule has 6 nitrogen and oxygen atoms in total. The van der Waals surface area contributed by atoms with E-state index in [-0.39, 0.29) is 12.1 Å². The normalized spacial score (nSPS) is 12.3. The van der Waals surface area contributed by atoms with Crippen molar-refractivity contribution in [3.63, 3.8) is 0 Å². The van der Waals surface area contributed by atoms with Crippen LogP contribution in [0.3, 0.4) is 0 Å². The Labute approximate surface area is 122 Å². The van der Waals surface area contributed by atoms with Crippen LogP contribution in [0.2, 0.25) is 0 Å². The van der Waals surface area contributed by atoms with Crippen LogP contribution >= 0.6 is 18.2 Å². The van der Waals surface area contributed by atoms with Crippen molar-refractivity contribution in [2.24, 2.45) is 5.73 Å². The first-order chi connectivity index (χ1) is 9.09. The van der Waals surface area contributed by atoms with Gasteiger partial charge in [0.05, 0.1) is 6.10 Å². The Bertz CT molecular complexity index is 440. The molecular formula is C12H19ClNO5P. The Hall–Kier alpha value is -0.910. The maximum Gasteiger partial charge on any atom is 0.419 e. The van der Waals surface area contributed by atoms with E-state index in [1.165, 1.54) is 0 Å². The molecule has 0 saturated heterocycles. The molecule has 0 aliphatic rings. The molecule has 0 aliphatic carbocycles. The molecule has 114 valence electrons. The van der Waals surface area contributed by atoms with Gasteiger partial charge >= 0.3 is 12.9 Å². The van der Waals surface area contributed by atoms with Crippen LogP contribution in [0.25, 0.3) is 0 Å². The van der Waals surface area contributed by atoms with Crippen LogP contribution < -0.4 is 5.73 Å². The molecule has 1 aromatic rings. The van der Waals surface area contributed by atoms with Crippen LogP contribution in [0.1, 0.15) is 19.4 Å². The van der Waals surface area contributed by atoms with Gasteiger partial charge in [0.1, 0.15) is 6.04 Å². The molecule has 8 heteroatoms. The molecule has 0 saturated carbocycles. The van der Waals surface area contributed by atoms with Crippen molar-refractivity contribution in [1.82, 2.24) is 0 Å². The molecule has 20 heavy (non-hydrogen) atoms. The second-order valence-corrected chi connectivity index (χ2v) is 6.52. The van der Waals surface area contributed by atoms with Crippen molar-refractivity contribution in [2.75, 3.05) is 0 Å². The van der Waals surface area contributed by atoms with Crippen LogP contribution in [0, 0.1) is 0 Å². The third-order valence-corrected chi connectivity index (χ3v) is 1.95. The highest BCUT2D eigenvalue weighted by atomic mass is 35.7. The predicted octanol–water partition coefficient (Wildman–Crippen LogP) is 1.83. The summed E-state index contributed by atoms with van der Waals surface area (Å²) in [6.45, 7) is -0.541. The summed E-state index contributed by atoms with van der Waals surface area (Å²) in [5.74, 6) is -0.339. The maximum absolute atomic E-state index is 11.4. The van der Waals surface area contributed by atoms with E-state index in [0.29, 0.717) is 6.42 Å². The van der Waals surface area contributed by atoms with Gasteiger partial charge in [-0.2, -0.15) is 0 Å². The summed E-state index contributed by atoms with van der Waals surface area (Å²) >= 11 is 4.20. The van der Waals surface area contributed by atoms with Gasteiger partial charge in [-0.3, -0.25) is 4.79 Å². The molecule has 1 atom stereocenters. The highest BCUT2D eigenvalue weighted by Crippen LogP contribution is 2.39. The zero-order valence-electron chi connectivity index (χ0n) is 11.3. The average Bonchev–Trinajstić information content (AvgIpc) is 2.27. The van der Waals surface area contributed by atoms with Gasteiger partial charge in [-0.15, -0.1) is 0 Å². The molecule has 0 spiro atoms. The Kier molecular flexibility index (Phi) is 8.69. The Morgan fingerprint density at radius 3 is 2.20 bits per heavy atom. The summed E-state index contributed by atoms with van der Waals surface area (Å²) in [7, 11) is 0. The number of ether oxygens (including phenoxy) is 1. The van der Waals surface area contributed by atoms with Crippen LogP contribution in [0.15, 0.2) is 30.3 Å². The zero-order valence-corrected chi connectivity index (χ0v) is 12.9. The predicted molar refractivity (Wildman–Crippen MR) is 77.2 cm³/mol. The van der Waals surface area contributed by atoms with Crippen LogP contribution in [-0.2, 0) is 20.5 Å². The highest BCUT2D eigenvalue weighted by molar-refractivity contribution is 7.79. The highest BCUT2D eigenvalue weighted by Gasteiger charge is 2.16. The molecule has 0 unspecified atom stereocenters. The second-order valence-electron chi connectivity index (χ2n) is 4.25. The van der Waals surface area contributed by atoms with Crippen LogP contribution in [0.5, 0.6) is 0 Å². The van der Waals surface area contributed by atoms with Crippen molar-refractivity contribution < 1.29 is 23.9 Å². The van der Waals surface area contributed by atoms with Gasteiger partial charge in [-0.25, -0.2) is 4.57 Å². The van der Waals surface area contributed by atoms with Crippen molar-refractivity contribution in [2.45, 2.75) is 32.4 Å². The topological polar surface area (TPSA) is 110 Å². The molecule has 1 rings (SSSR count). The lowest BCUT2D eigenvalue weighted by Crippen LogP contribution is -2.35. The lowest BCUT2D eigenvalue weighted by molar-refractivity contribution is -0.148. The van der Waals surface area contributed by atoms with Crippen molar-refractivity contribution in [3.8, 4) is 0 Å². The minimum absolute atomic E-state index is 0.112. The molecule has 0 radical (unpaired) electrons. The zero-order chi connectivity index (χ0) is 15.8. The summed E-state index contributed by atoms with van der Waals surface area (Å²) in [6, 6.07) is 9.10. The van der Waals surface area contributed by atoms with Gasteiger partial charge in [-0.1, -0.05) is 30.3 Å². The van der Waals surface area contributed by atoms with Gasteiger partial charge in [0.15, 0.2) is 0 Å². The van der Waals surface area contributed by atoms with Crippen molar-refractivity contribution >= 4 is 24.2 Å². The average molecular weight is 324 g/mol. The summed E-state index contributed by atoms with van der Waals surface area (Å²) < 4.78 is 14.1. The van der Waals surface area contributed by atoms with E-state index in [0.717, 1.165) is 5.56 Å². The Morgan fingerprint density at radius 2 is 1.80 bits per heavy atom. The number of nitrogens with two attached hydrogens (primary N) is 1. The number of benzene rings is 1. The standard InChI is InChI=1S/C12H17NO2.ClH2O3P/c1-9(2)15-12(14)11(13)8-10-6-4-3-5-7-10;1-5(2,3)4/h3-7,9,11H,8,13H2,1-2H3;(H2,2,3,4)/t11-;/m0./s1. The van der Waals surface area contributed by atoms with Gasteiger partial charge in [0, 0.05) is 11.2 Å². The summed E-state index contributed by atoms with van der Waals surface area (Å²) in [6.07, 6.45) is 0.408. The monoisotopic (exact) mass is 323 g/mol. The van der Waals surface area contributed by atoms with E-state index in [1.54, 1.807) is 0 Å². The van der Waals surface area contributed by atoms with Crippen LogP contribution in [-0.4, -0.2) is 27.9 Å². The Balaban J connectivity index is 0.000000621. The van der Waals surface area contributed by atoms with E-state index < -0.39 is 13.0 Å². The van der Waals surface area contributed by atoms with Gasteiger partial charge in [0.25, 0.3) is 0 Å². The molecule has 0 heterocycles. The van der Waals surface area contributed by atoms with Gasteiger partial charge < -0.3 is 20.3 Å². The van der Waals surface area contributed by atoms with Gasteiger partial charge in [-0.05, 0) is 25.8 Å². The lowest BCUT2D eigenvalue weighted by Gasteiger charge is -2.13. The summed E-state index contributed by atoms with van der Waals surface area (Å²) in [4.78, 5) is 26.2. The second kappa shape index (κ2) is 9.10. The van der Waals surface area contributed by atoms with Crippen molar-refractivity contribution in [3.05, 3.63) is 35.9 Å². The summed E-state index contributed by atoms with van der Waals surface area (Å²) in [5, 5.41) is 0. The molecule has 0 fully saturated rings. The lowest BCUT2D eigenvalue weighted by atomic mass is 10.1. The molecule has 0 amide bonds. The molecule has 4 N–H and O–H groups in total. The van der Waals surface area contributed by atoms with E-state index in [2.05, 4.69) is 11.2 Å². The Morgan fingerprint density at radius 1 is 1.35 bits per heavy atom. The number of esters is 1. The fourth-order valence-electron chi connectivity index (χ4n) is 1.27. The minimum atomic E-state index is -4.17. The van der Waals surface area contributed by atoms with Crippen molar-refractivity contribution in [1.29, 1.82) is 0 Å². The maximum atomic E-state index is 11.4. The molecule has 0 bridgehead atoms. The van der Waals surface area contributed by atoms with Crippen LogP contribution in [0.4, 0.5) is 0 Å². The number of hydrogen-bond donors (Lipinski definition) is 3. The fourth-order valence-corrected chi connectivity index (χ4v) is 1.27. The first-order valence-corrected chi connectivity index (χ1v) is 8.36. The fraction of sp³-hybridized carbons (Fsp3) is 0.417. The molecule has 1 aromatic carbocycles. The van der Waals surface area contributed by atoms with E-state index in [1.807, 2.05) is 44.2 Å². The largest absolute Gasteiger partial charge is 0.462 e. The number of rotatable bonds is 4. The third kappa shape index (κ3) is 12.1. The van der Waals surface area contributed by atoms with E-state index in [9.17, 15) is 4.79 Å². The first-order valence-electron chi connectivity index (χ1n) is 5.84. The third-order valence-electron chi connectivity index (χ3n) is 1.95. The number of carbonyl (C=O) groups is 1. The van der Waals surface area contributed by atoms with E-state index in [4.69, 9.17) is 24.8 Å². The van der Waals surface area contributed by atoms with Gasteiger partial charge in [0.2, 0.25) is 0 Å². The smallest absolute Gasteiger partial charge is 0.419 e. The SMILES string of the molecule is CC(C)OC(=O)[C@@H](N)Cc1ccccc1.O=P(O)(O)Cl. The number of carbonyl (C=O) groups excluding carboxylic acids is 1. The van der Waals surface area contributed by atoms with E-state index >= 15 is 0 Å². The quantitative estimate of drug-likeness (QED) is 0.576. The molecule has 0 aromatic heterocycles. The summed E-state index contributed by atoms with van der Waals surface area (Å²) in [5.41, 5.74) is 6.77. The number of hydrogen-bond acceptors (Lipinski definition) is 4. The minimum Gasteiger partial charge on any atom is -0.462 e. The first kappa shape index (κ1) is 19.1. The number of halogens is 1. The molecular weight excluding hydrogens is 305 g/mol.